The molecule has 2 aromatic heterocycles. The minimum Gasteiger partial charge on any atom is -0.393 e. The van der Waals surface area contributed by atoms with Crippen LogP contribution in [0.1, 0.15) is 50.3 Å². The summed E-state index contributed by atoms with van der Waals surface area (Å²) in [5.74, 6) is 0.904. The largest absolute Gasteiger partial charge is 0.427 e. The molecule has 0 unspecified atom stereocenters. The van der Waals surface area contributed by atoms with Gasteiger partial charge in [-0.3, -0.25) is 0 Å². The van der Waals surface area contributed by atoms with Crippen LogP contribution >= 0.6 is 11.3 Å². The summed E-state index contributed by atoms with van der Waals surface area (Å²) in [4.78, 5) is 11.9. The van der Waals surface area contributed by atoms with Crippen molar-refractivity contribution in [3.8, 4) is 10.6 Å². The van der Waals surface area contributed by atoms with Crippen molar-refractivity contribution in [3.63, 3.8) is 0 Å². The molecule has 3 N–H and O–H groups in total. The van der Waals surface area contributed by atoms with Crippen LogP contribution in [0.3, 0.4) is 0 Å². The Kier molecular flexibility index (Phi) is 6.71. The molecule has 154 valence electrons. The molecule has 1 fully saturated rings. The van der Waals surface area contributed by atoms with Crippen molar-refractivity contribution in [2.45, 2.75) is 63.8 Å². The molecule has 0 bridgehead atoms. The van der Waals surface area contributed by atoms with E-state index < -0.39 is 11.1 Å². The molecule has 3 rings (SSSR count). The van der Waals surface area contributed by atoms with Crippen LogP contribution in [0.5, 0.6) is 0 Å². The number of unbranched alkanes of at least 4 members (excludes halogenated alkanes) is 1. The van der Waals surface area contributed by atoms with E-state index in [-0.39, 0.29) is 17.2 Å². The molecule has 0 spiro atoms. The lowest BCUT2D eigenvalue weighted by molar-refractivity contribution is -0.134. The van der Waals surface area contributed by atoms with Gasteiger partial charge < -0.3 is 15.7 Å². The van der Waals surface area contributed by atoms with E-state index in [0.717, 1.165) is 38.4 Å². The predicted molar refractivity (Wildman–Crippen MR) is 103 cm³/mol. The third kappa shape index (κ3) is 5.32. The van der Waals surface area contributed by atoms with Crippen LogP contribution in [-0.4, -0.2) is 38.7 Å². The molecule has 28 heavy (non-hydrogen) atoms. The maximum atomic E-state index is 13.0. The Bertz CT molecular complexity index is 775. The van der Waals surface area contributed by atoms with Gasteiger partial charge in [-0.05, 0) is 32.1 Å². The molecule has 0 aromatic carbocycles. The Labute approximate surface area is 165 Å². The fraction of sp³-hybridized carbons (Fsp3) is 0.611. The minimum absolute atomic E-state index is 0.0996. The number of halogens is 3. The Balaban J connectivity index is 1.85. The van der Waals surface area contributed by atoms with Crippen LogP contribution in [0.25, 0.3) is 10.6 Å². The van der Waals surface area contributed by atoms with E-state index in [4.69, 9.17) is 0 Å². The molecule has 1 aliphatic carbocycles. The number of aliphatic hydroxyl groups excluding tert-OH is 1. The summed E-state index contributed by atoms with van der Waals surface area (Å²) in [5.41, 5.74) is 0.452. The van der Waals surface area contributed by atoms with Gasteiger partial charge in [0.05, 0.1) is 17.9 Å². The van der Waals surface area contributed by atoms with Gasteiger partial charge in [0.2, 0.25) is 5.95 Å². The number of nitrogens with zero attached hydrogens (tertiary/aromatic N) is 3. The van der Waals surface area contributed by atoms with Crippen molar-refractivity contribution in [2.75, 3.05) is 17.2 Å². The lowest BCUT2D eigenvalue weighted by Gasteiger charge is -2.27. The Morgan fingerprint density at radius 1 is 1.18 bits per heavy atom. The molecule has 0 aliphatic heterocycles. The number of aromatic nitrogens is 3. The molecule has 0 radical (unpaired) electrons. The number of hydrogen-bond donors (Lipinski definition) is 3. The van der Waals surface area contributed by atoms with Gasteiger partial charge in [-0.25, -0.2) is 9.97 Å². The van der Waals surface area contributed by atoms with Gasteiger partial charge >= 0.3 is 6.18 Å². The van der Waals surface area contributed by atoms with E-state index in [1.807, 2.05) is 0 Å². The van der Waals surface area contributed by atoms with E-state index >= 15 is 0 Å². The Hall–Kier alpha value is -1.94. The van der Waals surface area contributed by atoms with E-state index in [0.29, 0.717) is 41.5 Å². The highest BCUT2D eigenvalue weighted by Gasteiger charge is 2.34. The number of hydrogen-bond acceptors (Lipinski definition) is 7. The number of thiazole rings is 1. The molecule has 10 heteroatoms. The highest BCUT2D eigenvalue weighted by Crippen LogP contribution is 2.38. The zero-order valence-electron chi connectivity index (χ0n) is 15.6. The van der Waals surface area contributed by atoms with Gasteiger partial charge in [0.15, 0.2) is 0 Å². The van der Waals surface area contributed by atoms with Crippen molar-refractivity contribution >= 4 is 23.1 Å². The fourth-order valence-electron chi connectivity index (χ4n) is 3.05. The average Bonchev–Trinajstić information content (AvgIpc) is 3.14. The summed E-state index contributed by atoms with van der Waals surface area (Å²) in [6.07, 6.45) is 2.56. The van der Waals surface area contributed by atoms with E-state index in [1.54, 1.807) is 0 Å². The van der Waals surface area contributed by atoms with Gasteiger partial charge in [-0.1, -0.05) is 13.3 Å². The summed E-state index contributed by atoms with van der Waals surface area (Å²) < 4.78 is 38.9. The molecular weight excluding hydrogens is 391 g/mol. The fourth-order valence-corrected chi connectivity index (χ4v) is 3.85. The van der Waals surface area contributed by atoms with E-state index in [1.165, 1.54) is 6.20 Å². The van der Waals surface area contributed by atoms with Crippen molar-refractivity contribution in [1.82, 2.24) is 15.0 Å². The van der Waals surface area contributed by atoms with Crippen LogP contribution in [0.15, 0.2) is 12.4 Å². The number of nitrogens with one attached hydrogen (secondary N) is 2. The number of alkyl halides is 3. The topological polar surface area (TPSA) is 83.0 Å². The van der Waals surface area contributed by atoms with Crippen LogP contribution in [0, 0.1) is 0 Å². The van der Waals surface area contributed by atoms with E-state index in [2.05, 4.69) is 32.5 Å². The maximum Gasteiger partial charge on any atom is 0.427 e. The van der Waals surface area contributed by atoms with Gasteiger partial charge in [0.1, 0.15) is 15.7 Å². The lowest BCUT2D eigenvalue weighted by Crippen LogP contribution is -2.29. The summed E-state index contributed by atoms with van der Waals surface area (Å²) in [6, 6.07) is 0.0996. The van der Waals surface area contributed by atoms with Gasteiger partial charge in [0.25, 0.3) is 0 Å². The zero-order chi connectivity index (χ0) is 20.1. The SMILES string of the molecule is CCCCNc1ncc(-c2ncc(C(F)(F)F)s2)c(NC2CCC(O)CC2)n1. The van der Waals surface area contributed by atoms with Crippen molar-refractivity contribution < 1.29 is 18.3 Å². The van der Waals surface area contributed by atoms with Crippen LogP contribution in [-0.2, 0) is 6.18 Å². The van der Waals surface area contributed by atoms with Gasteiger partial charge in [-0.2, -0.15) is 18.2 Å². The standard InChI is InChI=1S/C18H24F3N5OS/c1-2-3-8-22-17-24-9-13(16-23-10-14(28-16)18(19,20)21)15(26-17)25-11-4-6-12(27)7-5-11/h9-12,27H,2-8H2,1H3,(H2,22,24,25,26). The average molecular weight is 415 g/mol. The predicted octanol–water partition coefficient (Wildman–Crippen LogP) is 4.55. The second-order valence-electron chi connectivity index (χ2n) is 6.91. The molecule has 2 heterocycles. The number of anilines is 2. The first-order valence-electron chi connectivity index (χ1n) is 9.45. The Morgan fingerprint density at radius 2 is 1.93 bits per heavy atom. The summed E-state index contributed by atoms with van der Waals surface area (Å²) in [7, 11) is 0. The minimum atomic E-state index is -4.43. The van der Waals surface area contributed by atoms with Crippen molar-refractivity contribution in [3.05, 3.63) is 17.3 Å². The first-order chi connectivity index (χ1) is 13.4. The lowest BCUT2D eigenvalue weighted by atomic mass is 9.93. The summed E-state index contributed by atoms with van der Waals surface area (Å²) >= 11 is 0.580. The van der Waals surface area contributed by atoms with Gasteiger partial charge in [0, 0.05) is 18.8 Å². The molecule has 1 aliphatic rings. The van der Waals surface area contributed by atoms with Crippen molar-refractivity contribution in [2.24, 2.45) is 0 Å². The molecule has 0 saturated heterocycles. The summed E-state index contributed by atoms with van der Waals surface area (Å²) in [6.45, 7) is 2.80. The number of rotatable bonds is 7. The summed E-state index contributed by atoms with van der Waals surface area (Å²) in [5, 5.41) is 16.4. The highest BCUT2D eigenvalue weighted by molar-refractivity contribution is 7.15. The monoisotopic (exact) mass is 415 g/mol. The van der Waals surface area contributed by atoms with E-state index in [9.17, 15) is 18.3 Å². The van der Waals surface area contributed by atoms with Crippen LogP contribution in [0.4, 0.5) is 24.9 Å². The molecule has 0 atom stereocenters. The first kappa shape index (κ1) is 20.8. The molecule has 6 nitrogen and oxygen atoms in total. The molecular formula is C18H24F3N5OS. The third-order valence-electron chi connectivity index (χ3n) is 4.66. The van der Waals surface area contributed by atoms with Gasteiger partial charge in [-0.15, -0.1) is 11.3 Å². The molecule has 2 aromatic rings. The smallest absolute Gasteiger partial charge is 0.393 e. The quantitative estimate of drug-likeness (QED) is 0.576. The van der Waals surface area contributed by atoms with Crippen LogP contribution < -0.4 is 10.6 Å². The second-order valence-corrected chi connectivity index (χ2v) is 7.94. The Morgan fingerprint density at radius 3 is 2.57 bits per heavy atom. The van der Waals surface area contributed by atoms with Crippen LogP contribution in [0.2, 0.25) is 0 Å². The van der Waals surface area contributed by atoms with Crippen molar-refractivity contribution in [1.29, 1.82) is 0 Å². The number of aliphatic hydroxyl groups is 1. The second kappa shape index (κ2) is 9.04. The first-order valence-corrected chi connectivity index (χ1v) is 10.3. The highest BCUT2D eigenvalue weighted by atomic mass is 32.1. The molecule has 0 amide bonds. The maximum absolute atomic E-state index is 13.0. The normalized spacial score (nSPS) is 20.2. The molecule has 1 saturated carbocycles. The third-order valence-corrected chi connectivity index (χ3v) is 5.73. The zero-order valence-corrected chi connectivity index (χ0v) is 16.4.